The zero-order valence-corrected chi connectivity index (χ0v) is 8.76. The maximum atomic E-state index is 9.93. The van der Waals surface area contributed by atoms with Crippen LogP contribution >= 0.6 is 0 Å². The summed E-state index contributed by atoms with van der Waals surface area (Å²) in [7, 11) is 0. The van der Waals surface area contributed by atoms with Gasteiger partial charge in [-0.05, 0) is 32.4 Å². The van der Waals surface area contributed by atoms with Crippen molar-refractivity contribution < 1.29 is 5.11 Å². The van der Waals surface area contributed by atoms with E-state index in [0.29, 0.717) is 0 Å². The van der Waals surface area contributed by atoms with Gasteiger partial charge in [0.15, 0.2) is 0 Å². The van der Waals surface area contributed by atoms with Crippen LogP contribution in [0.3, 0.4) is 0 Å². The van der Waals surface area contributed by atoms with Crippen molar-refractivity contribution >= 4 is 10.9 Å². The van der Waals surface area contributed by atoms with Gasteiger partial charge in [-0.15, -0.1) is 0 Å². The molecule has 0 saturated heterocycles. The molecule has 2 nitrogen and oxygen atoms in total. The second-order valence-corrected chi connectivity index (χ2v) is 4.31. The molecule has 0 aliphatic rings. The van der Waals surface area contributed by atoms with Crippen molar-refractivity contribution in [3.63, 3.8) is 0 Å². The molecule has 1 aromatic heterocycles. The normalized spacial score (nSPS) is 12.3. The van der Waals surface area contributed by atoms with Crippen molar-refractivity contribution in [2.45, 2.75) is 26.4 Å². The van der Waals surface area contributed by atoms with Crippen LogP contribution in [0.2, 0.25) is 0 Å². The number of hydrogen-bond donors (Lipinski definition) is 2. The first kappa shape index (κ1) is 9.28. The number of rotatable bonds is 1. The molecule has 74 valence electrons. The summed E-state index contributed by atoms with van der Waals surface area (Å²) >= 11 is 0. The van der Waals surface area contributed by atoms with Crippen LogP contribution in [0, 0.1) is 6.92 Å². The highest BCUT2D eigenvalue weighted by molar-refractivity contribution is 5.84. The molecular formula is C12H15NO. The van der Waals surface area contributed by atoms with Crippen LogP contribution in [0.15, 0.2) is 24.4 Å². The van der Waals surface area contributed by atoms with Crippen LogP contribution < -0.4 is 0 Å². The van der Waals surface area contributed by atoms with E-state index in [1.54, 1.807) is 13.8 Å². The molecule has 2 rings (SSSR count). The van der Waals surface area contributed by atoms with Gasteiger partial charge in [-0.2, -0.15) is 0 Å². The molecule has 1 heterocycles. The first-order chi connectivity index (χ1) is 6.48. The van der Waals surface area contributed by atoms with E-state index in [2.05, 4.69) is 30.1 Å². The van der Waals surface area contributed by atoms with Gasteiger partial charge < -0.3 is 10.1 Å². The summed E-state index contributed by atoms with van der Waals surface area (Å²) in [6.07, 6.45) is 1.88. The van der Waals surface area contributed by atoms with E-state index >= 15 is 0 Å². The van der Waals surface area contributed by atoms with Crippen molar-refractivity contribution in [1.29, 1.82) is 0 Å². The Bertz CT molecular complexity index is 463. The number of hydrogen-bond acceptors (Lipinski definition) is 1. The highest BCUT2D eigenvalue weighted by atomic mass is 16.3. The molecule has 1 aromatic carbocycles. The molecule has 0 aliphatic carbocycles. The topological polar surface area (TPSA) is 36.0 Å². The number of aromatic amines is 1. The standard InChI is InChI=1S/C12H15NO/c1-8-4-5-9-10(12(2,3)14)7-13-11(9)6-8/h4-7,13-14H,1-3H3. The number of fused-ring (bicyclic) bond motifs is 1. The smallest absolute Gasteiger partial charge is 0.0861 e. The molecule has 2 aromatic rings. The summed E-state index contributed by atoms with van der Waals surface area (Å²) < 4.78 is 0. The molecule has 0 fully saturated rings. The predicted octanol–water partition coefficient (Wildman–Crippen LogP) is 2.70. The van der Waals surface area contributed by atoms with Crippen LogP contribution in [-0.2, 0) is 5.60 Å². The second kappa shape index (κ2) is 2.85. The third-order valence-corrected chi connectivity index (χ3v) is 2.50. The first-order valence-corrected chi connectivity index (χ1v) is 4.79. The average Bonchev–Trinajstić information content (AvgIpc) is 2.45. The van der Waals surface area contributed by atoms with Gasteiger partial charge in [0.05, 0.1) is 5.60 Å². The SMILES string of the molecule is Cc1ccc2c(C(C)(C)O)c[nH]c2c1. The van der Waals surface area contributed by atoms with Crippen molar-refractivity contribution in [3.05, 3.63) is 35.5 Å². The average molecular weight is 189 g/mol. The first-order valence-electron chi connectivity index (χ1n) is 4.79. The minimum atomic E-state index is -0.784. The molecule has 0 atom stereocenters. The zero-order valence-electron chi connectivity index (χ0n) is 8.76. The minimum Gasteiger partial charge on any atom is -0.386 e. The lowest BCUT2D eigenvalue weighted by molar-refractivity contribution is 0.0802. The molecule has 0 spiro atoms. The quantitative estimate of drug-likeness (QED) is 0.711. The Morgan fingerprint density at radius 2 is 2.00 bits per heavy atom. The fourth-order valence-corrected chi connectivity index (χ4v) is 1.75. The van der Waals surface area contributed by atoms with Gasteiger partial charge in [0.2, 0.25) is 0 Å². The lowest BCUT2D eigenvalue weighted by atomic mass is 9.97. The molecule has 0 amide bonds. The molecule has 0 saturated carbocycles. The molecule has 0 radical (unpaired) electrons. The van der Waals surface area contributed by atoms with Crippen molar-refractivity contribution in [2.24, 2.45) is 0 Å². The van der Waals surface area contributed by atoms with Crippen LogP contribution in [-0.4, -0.2) is 10.1 Å². The van der Waals surface area contributed by atoms with Gasteiger partial charge in [0, 0.05) is 22.7 Å². The Hall–Kier alpha value is -1.28. The van der Waals surface area contributed by atoms with Crippen LogP contribution in [0.4, 0.5) is 0 Å². The Morgan fingerprint density at radius 3 is 2.64 bits per heavy atom. The Labute approximate surface area is 83.6 Å². The largest absolute Gasteiger partial charge is 0.386 e. The minimum absolute atomic E-state index is 0.784. The lowest BCUT2D eigenvalue weighted by Crippen LogP contribution is -2.14. The fraction of sp³-hybridized carbons (Fsp3) is 0.333. The number of nitrogens with one attached hydrogen (secondary N) is 1. The maximum Gasteiger partial charge on any atom is 0.0861 e. The van der Waals surface area contributed by atoms with Gasteiger partial charge in [-0.25, -0.2) is 0 Å². The Balaban J connectivity index is 2.70. The van der Waals surface area contributed by atoms with E-state index in [9.17, 15) is 5.11 Å². The van der Waals surface area contributed by atoms with Gasteiger partial charge in [-0.1, -0.05) is 12.1 Å². The molecule has 2 N–H and O–H groups in total. The number of benzene rings is 1. The summed E-state index contributed by atoms with van der Waals surface area (Å²) in [5.74, 6) is 0. The van der Waals surface area contributed by atoms with Crippen LogP contribution in [0.5, 0.6) is 0 Å². The molecule has 2 heteroatoms. The van der Waals surface area contributed by atoms with E-state index in [0.717, 1.165) is 16.5 Å². The van der Waals surface area contributed by atoms with E-state index in [-0.39, 0.29) is 0 Å². The van der Waals surface area contributed by atoms with E-state index in [1.807, 2.05) is 6.20 Å². The van der Waals surface area contributed by atoms with E-state index < -0.39 is 5.60 Å². The van der Waals surface area contributed by atoms with Crippen LogP contribution in [0.25, 0.3) is 10.9 Å². The predicted molar refractivity (Wildman–Crippen MR) is 58.3 cm³/mol. The Morgan fingerprint density at radius 1 is 1.29 bits per heavy atom. The molecule has 0 bridgehead atoms. The highest BCUT2D eigenvalue weighted by Crippen LogP contribution is 2.28. The third kappa shape index (κ3) is 1.42. The van der Waals surface area contributed by atoms with E-state index in [1.165, 1.54) is 5.56 Å². The van der Waals surface area contributed by atoms with Gasteiger partial charge in [0.1, 0.15) is 0 Å². The molecule has 0 unspecified atom stereocenters. The van der Waals surface area contributed by atoms with Gasteiger partial charge in [0.25, 0.3) is 0 Å². The molecule has 0 aliphatic heterocycles. The van der Waals surface area contributed by atoms with Crippen LogP contribution in [0.1, 0.15) is 25.0 Å². The third-order valence-electron chi connectivity index (χ3n) is 2.50. The number of H-pyrrole nitrogens is 1. The van der Waals surface area contributed by atoms with Crippen molar-refractivity contribution in [1.82, 2.24) is 4.98 Å². The maximum absolute atomic E-state index is 9.93. The fourth-order valence-electron chi connectivity index (χ4n) is 1.75. The summed E-state index contributed by atoms with van der Waals surface area (Å²) in [5.41, 5.74) is 2.48. The number of aryl methyl sites for hydroxylation is 1. The summed E-state index contributed by atoms with van der Waals surface area (Å²) in [6.45, 7) is 5.66. The highest BCUT2D eigenvalue weighted by Gasteiger charge is 2.19. The number of aliphatic hydroxyl groups is 1. The molecular weight excluding hydrogens is 174 g/mol. The Kier molecular flexibility index (Phi) is 1.89. The summed E-state index contributed by atoms with van der Waals surface area (Å²) in [4.78, 5) is 3.18. The second-order valence-electron chi connectivity index (χ2n) is 4.31. The summed E-state index contributed by atoms with van der Waals surface area (Å²) in [5, 5.41) is 11.0. The zero-order chi connectivity index (χ0) is 10.3. The van der Waals surface area contributed by atoms with E-state index in [4.69, 9.17) is 0 Å². The van der Waals surface area contributed by atoms with Gasteiger partial charge >= 0.3 is 0 Å². The van der Waals surface area contributed by atoms with Gasteiger partial charge in [-0.3, -0.25) is 0 Å². The lowest BCUT2D eigenvalue weighted by Gasteiger charge is -2.16. The van der Waals surface area contributed by atoms with Crippen molar-refractivity contribution in [3.8, 4) is 0 Å². The monoisotopic (exact) mass is 189 g/mol. The molecule has 14 heavy (non-hydrogen) atoms. The van der Waals surface area contributed by atoms with Crippen molar-refractivity contribution in [2.75, 3.05) is 0 Å². The summed E-state index contributed by atoms with van der Waals surface area (Å²) in [6, 6.07) is 6.20. The number of aromatic nitrogens is 1.